The van der Waals surface area contributed by atoms with Crippen LogP contribution in [0.15, 0.2) is 60.7 Å². The van der Waals surface area contributed by atoms with Crippen LogP contribution in [0, 0.1) is 0 Å². The standard InChI is InChI=1S/C16H17NO/c1-12-16(18)17(12)15(13-8-4-2-5-9-13)14-10-6-3-7-11-14/h2-12,15-16,18H,1H3. The maximum atomic E-state index is 9.91. The van der Waals surface area contributed by atoms with Crippen LogP contribution in [0.4, 0.5) is 0 Å². The Labute approximate surface area is 107 Å². The molecule has 0 aliphatic carbocycles. The monoisotopic (exact) mass is 239 g/mol. The van der Waals surface area contributed by atoms with E-state index in [9.17, 15) is 5.11 Å². The summed E-state index contributed by atoms with van der Waals surface area (Å²) in [6, 6.07) is 21.1. The Balaban J connectivity index is 2.00. The van der Waals surface area contributed by atoms with Gasteiger partial charge in [0.15, 0.2) is 0 Å². The van der Waals surface area contributed by atoms with E-state index >= 15 is 0 Å². The Kier molecular flexibility index (Phi) is 2.90. The second-order valence-electron chi connectivity index (χ2n) is 4.83. The first-order chi connectivity index (χ1) is 8.79. The summed E-state index contributed by atoms with van der Waals surface area (Å²) >= 11 is 0. The molecule has 1 heterocycles. The molecule has 0 radical (unpaired) electrons. The van der Waals surface area contributed by atoms with Crippen molar-refractivity contribution in [3.05, 3.63) is 71.8 Å². The smallest absolute Gasteiger partial charge is 0.124 e. The van der Waals surface area contributed by atoms with Crippen molar-refractivity contribution in [2.75, 3.05) is 0 Å². The van der Waals surface area contributed by atoms with Gasteiger partial charge in [-0.15, -0.1) is 0 Å². The van der Waals surface area contributed by atoms with Gasteiger partial charge in [0.25, 0.3) is 0 Å². The van der Waals surface area contributed by atoms with Gasteiger partial charge in [-0.1, -0.05) is 60.7 Å². The Morgan fingerprint density at radius 3 is 1.61 bits per heavy atom. The topological polar surface area (TPSA) is 23.2 Å². The summed E-state index contributed by atoms with van der Waals surface area (Å²) in [6.07, 6.45) is -0.324. The van der Waals surface area contributed by atoms with Gasteiger partial charge in [0.05, 0.1) is 6.04 Å². The highest BCUT2D eigenvalue weighted by atomic mass is 16.3. The quantitative estimate of drug-likeness (QED) is 0.832. The molecule has 2 heteroatoms. The summed E-state index contributed by atoms with van der Waals surface area (Å²) in [5.41, 5.74) is 2.46. The second kappa shape index (κ2) is 4.56. The van der Waals surface area contributed by atoms with Gasteiger partial charge in [0.2, 0.25) is 0 Å². The van der Waals surface area contributed by atoms with Crippen molar-refractivity contribution in [1.29, 1.82) is 0 Å². The van der Waals surface area contributed by atoms with E-state index in [1.807, 2.05) is 36.4 Å². The predicted octanol–water partition coefficient (Wildman–Crippen LogP) is 2.80. The highest BCUT2D eigenvalue weighted by Gasteiger charge is 2.47. The van der Waals surface area contributed by atoms with E-state index in [-0.39, 0.29) is 18.3 Å². The van der Waals surface area contributed by atoms with Gasteiger partial charge >= 0.3 is 0 Å². The number of benzene rings is 2. The maximum absolute atomic E-state index is 9.91. The van der Waals surface area contributed by atoms with Crippen LogP contribution in [0.3, 0.4) is 0 Å². The zero-order valence-corrected chi connectivity index (χ0v) is 10.4. The maximum Gasteiger partial charge on any atom is 0.124 e. The highest BCUT2D eigenvalue weighted by Crippen LogP contribution is 2.40. The van der Waals surface area contributed by atoms with E-state index < -0.39 is 0 Å². The lowest BCUT2D eigenvalue weighted by Gasteiger charge is -2.20. The molecule has 0 amide bonds. The minimum absolute atomic E-state index is 0.150. The Morgan fingerprint density at radius 2 is 1.28 bits per heavy atom. The average molecular weight is 239 g/mol. The van der Waals surface area contributed by atoms with E-state index in [2.05, 4.69) is 36.1 Å². The lowest BCUT2D eigenvalue weighted by atomic mass is 9.99. The fraction of sp³-hybridized carbons (Fsp3) is 0.250. The first-order valence-electron chi connectivity index (χ1n) is 6.34. The molecule has 2 nitrogen and oxygen atoms in total. The number of hydrogen-bond donors (Lipinski definition) is 1. The first-order valence-corrected chi connectivity index (χ1v) is 6.34. The highest BCUT2D eigenvalue weighted by molar-refractivity contribution is 5.33. The molecule has 1 aliphatic heterocycles. The van der Waals surface area contributed by atoms with Gasteiger partial charge in [0.1, 0.15) is 6.23 Å². The predicted molar refractivity (Wildman–Crippen MR) is 72.0 cm³/mol. The van der Waals surface area contributed by atoms with Crippen molar-refractivity contribution in [2.45, 2.75) is 25.2 Å². The fourth-order valence-corrected chi connectivity index (χ4v) is 2.55. The molecule has 0 saturated carbocycles. The lowest BCUT2D eigenvalue weighted by Crippen LogP contribution is -2.14. The number of aliphatic hydroxyl groups is 1. The van der Waals surface area contributed by atoms with E-state index in [4.69, 9.17) is 0 Å². The minimum Gasteiger partial charge on any atom is -0.377 e. The molecule has 2 aromatic rings. The molecule has 1 saturated heterocycles. The average Bonchev–Trinajstić information content (AvgIpc) is 3.01. The molecule has 1 fully saturated rings. The first kappa shape index (κ1) is 11.5. The zero-order valence-electron chi connectivity index (χ0n) is 10.4. The van der Waals surface area contributed by atoms with Crippen molar-refractivity contribution in [1.82, 2.24) is 4.90 Å². The van der Waals surface area contributed by atoms with Gasteiger partial charge in [-0.3, -0.25) is 4.90 Å². The summed E-state index contributed by atoms with van der Waals surface area (Å²) in [7, 11) is 0. The van der Waals surface area contributed by atoms with E-state index in [0.29, 0.717) is 0 Å². The normalized spacial score (nSPS) is 26.3. The molecule has 18 heavy (non-hydrogen) atoms. The number of rotatable bonds is 3. The van der Waals surface area contributed by atoms with E-state index in [1.54, 1.807) is 0 Å². The molecular weight excluding hydrogens is 222 g/mol. The van der Waals surface area contributed by atoms with Crippen LogP contribution in [0.1, 0.15) is 24.1 Å². The van der Waals surface area contributed by atoms with Crippen molar-refractivity contribution >= 4 is 0 Å². The summed E-state index contributed by atoms with van der Waals surface area (Å²) in [6.45, 7) is 2.06. The van der Waals surface area contributed by atoms with Gasteiger partial charge in [-0.2, -0.15) is 0 Å². The van der Waals surface area contributed by atoms with Gasteiger partial charge in [-0.25, -0.2) is 0 Å². The summed E-state index contributed by atoms with van der Waals surface area (Å²) in [5.74, 6) is 0. The Hall–Kier alpha value is -1.64. The molecule has 2 aromatic carbocycles. The number of aliphatic hydroxyl groups excluding tert-OH is 1. The van der Waals surface area contributed by atoms with Crippen molar-refractivity contribution < 1.29 is 5.11 Å². The van der Waals surface area contributed by atoms with E-state index in [0.717, 1.165) is 0 Å². The molecule has 3 rings (SSSR count). The largest absolute Gasteiger partial charge is 0.377 e. The SMILES string of the molecule is CC1C(O)N1C(c1ccccc1)c1ccccc1. The van der Waals surface area contributed by atoms with Gasteiger partial charge in [0, 0.05) is 6.04 Å². The third-order valence-corrected chi connectivity index (χ3v) is 3.65. The molecule has 0 spiro atoms. The molecule has 0 aromatic heterocycles. The number of hydrogen-bond acceptors (Lipinski definition) is 2. The fourth-order valence-electron chi connectivity index (χ4n) is 2.55. The van der Waals surface area contributed by atoms with E-state index in [1.165, 1.54) is 11.1 Å². The van der Waals surface area contributed by atoms with Crippen LogP contribution in [-0.4, -0.2) is 22.3 Å². The molecule has 1 N–H and O–H groups in total. The minimum atomic E-state index is -0.324. The molecule has 1 aliphatic rings. The summed E-state index contributed by atoms with van der Waals surface area (Å²) < 4.78 is 0. The van der Waals surface area contributed by atoms with Gasteiger partial charge in [-0.05, 0) is 18.1 Å². The third-order valence-electron chi connectivity index (χ3n) is 3.65. The Bertz CT molecular complexity index is 464. The van der Waals surface area contributed by atoms with Crippen molar-refractivity contribution in [3.8, 4) is 0 Å². The zero-order chi connectivity index (χ0) is 12.5. The second-order valence-corrected chi connectivity index (χ2v) is 4.83. The molecular formula is C16H17NO. The molecule has 0 bridgehead atoms. The van der Waals surface area contributed by atoms with Crippen LogP contribution in [0.2, 0.25) is 0 Å². The van der Waals surface area contributed by atoms with Crippen LogP contribution < -0.4 is 0 Å². The number of nitrogens with zero attached hydrogens (tertiary/aromatic N) is 1. The third kappa shape index (κ3) is 1.94. The van der Waals surface area contributed by atoms with Crippen LogP contribution >= 0.6 is 0 Å². The van der Waals surface area contributed by atoms with Crippen molar-refractivity contribution in [2.24, 2.45) is 0 Å². The molecule has 92 valence electrons. The molecule has 3 atom stereocenters. The molecule has 3 unspecified atom stereocenters. The Morgan fingerprint density at radius 1 is 0.889 bits per heavy atom. The van der Waals surface area contributed by atoms with Crippen LogP contribution in [0.5, 0.6) is 0 Å². The van der Waals surface area contributed by atoms with Crippen molar-refractivity contribution in [3.63, 3.8) is 0 Å². The lowest BCUT2D eigenvalue weighted by molar-refractivity contribution is 0.194. The summed E-state index contributed by atoms with van der Waals surface area (Å²) in [4.78, 5) is 2.13. The van der Waals surface area contributed by atoms with Crippen LogP contribution in [0.25, 0.3) is 0 Å². The van der Waals surface area contributed by atoms with Gasteiger partial charge < -0.3 is 5.11 Å². The van der Waals surface area contributed by atoms with Crippen LogP contribution in [-0.2, 0) is 0 Å². The summed E-state index contributed by atoms with van der Waals surface area (Å²) in [5, 5.41) is 9.91.